The standard InChI is InChI=1S/C14H26N2O2/c1-10(11-4-2-3-5-11)16-14(17)13(15)12-6-8-18-9-7-12/h10-13H,2-9,15H2,1H3,(H,16,17). The second-order valence-corrected chi connectivity index (χ2v) is 5.82. The molecule has 0 aromatic heterocycles. The van der Waals surface area contributed by atoms with Crippen LogP contribution >= 0.6 is 0 Å². The quantitative estimate of drug-likeness (QED) is 0.798. The molecule has 1 saturated heterocycles. The monoisotopic (exact) mass is 254 g/mol. The van der Waals surface area contributed by atoms with E-state index in [0.717, 1.165) is 26.1 Å². The van der Waals surface area contributed by atoms with Gasteiger partial charge in [-0.15, -0.1) is 0 Å². The molecule has 0 aromatic rings. The van der Waals surface area contributed by atoms with Crippen LogP contribution in [0.4, 0.5) is 0 Å². The second kappa shape index (κ2) is 6.53. The molecule has 104 valence electrons. The van der Waals surface area contributed by atoms with Gasteiger partial charge in [-0.2, -0.15) is 0 Å². The number of hydrogen-bond acceptors (Lipinski definition) is 3. The molecule has 1 saturated carbocycles. The molecule has 4 heteroatoms. The molecule has 1 amide bonds. The summed E-state index contributed by atoms with van der Waals surface area (Å²) in [5, 5.41) is 3.11. The van der Waals surface area contributed by atoms with Crippen LogP contribution in [0.3, 0.4) is 0 Å². The summed E-state index contributed by atoms with van der Waals surface area (Å²) in [6, 6.07) is -0.0938. The number of amides is 1. The number of carbonyl (C=O) groups excluding carboxylic acids is 1. The van der Waals surface area contributed by atoms with E-state index in [9.17, 15) is 4.79 Å². The van der Waals surface area contributed by atoms with E-state index in [-0.39, 0.29) is 23.9 Å². The van der Waals surface area contributed by atoms with E-state index in [2.05, 4.69) is 12.2 Å². The maximum Gasteiger partial charge on any atom is 0.237 e. The van der Waals surface area contributed by atoms with Gasteiger partial charge in [0.25, 0.3) is 0 Å². The average Bonchev–Trinajstić information content (AvgIpc) is 2.92. The van der Waals surface area contributed by atoms with E-state index in [0.29, 0.717) is 5.92 Å². The predicted molar refractivity (Wildman–Crippen MR) is 71.1 cm³/mol. The smallest absolute Gasteiger partial charge is 0.237 e. The van der Waals surface area contributed by atoms with Crippen molar-refractivity contribution < 1.29 is 9.53 Å². The molecule has 1 heterocycles. The number of rotatable bonds is 4. The van der Waals surface area contributed by atoms with Crippen molar-refractivity contribution in [2.75, 3.05) is 13.2 Å². The van der Waals surface area contributed by atoms with E-state index >= 15 is 0 Å². The van der Waals surface area contributed by atoms with Crippen LogP contribution in [0.15, 0.2) is 0 Å². The summed E-state index contributed by atoms with van der Waals surface area (Å²) in [6.07, 6.45) is 6.91. The van der Waals surface area contributed by atoms with Gasteiger partial charge in [0, 0.05) is 19.3 Å². The van der Waals surface area contributed by atoms with Gasteiger partial charge in [-0.3, -0.25) is 4.79 Å². The lowest BCUT2D eigenvalue weighted by Crippen LogP contribution is -2.50. The van der Waals surface area contributed by atoms with Crippen LogP contribution in [-0.4, -0.2) is 31.2 Å². The minimum absolute atomic E-state index is 0.0290. The maximum absolute atomic E-state index is 12.1. The van der Waals surface area contributed by atoms with Crippen molar-refractivity contribution in [1.82, 2.24) is 5.32 Å². The van der Waals surface area contributed by atoms with Crippen LogP contribution in [0, 0.1) is 11.8 Å². The minimum atomic E-state index is -0.363. The van der Waals surface area contributed by atoms with Crippen LogP contribution in [0.25, 0.3) is 0 Å². The highest BCUT2D eigenvalue weighted by atomic mass is 16.5. The Bertz CT molecular complexity index is 271. The van der Waals surface area contributed by atoms with Crippen molar-refractivity contribution in [3.8, 4) is 0 Å². The molecule has 2 rings (SSSR count). The van der Waals surface area contributed by atoms with Crippen LogP contribution < -0.4 is 11.1 Å². The molecule has 1 aliphatic heterocycles. The summed E-state index contributed by atoms with van der Waals surface area (Å²) in [5.74, 6) is 0.965. The van der Waals surface area contributed by atoms with Crippen molar-refractivity contribution in [3.05, 3.63) is 0 Å². The molecule has 18 heavy (non-hydrogen) atoms. The van der Waals surface area contributed by atoms with E-state index in [1.54, 1.807) is 0 Å². The summed E-state index contributed by atoms with van der Waals surface area (Å²) < 4.78 is 5.30. The Balaban J connectivity index is 1.78. The average molecular weight is 254 g/mol. The Morgan fingerprint density at radius 3 is 2.39 bits per heavy atom. The Kier molecular flexibility index (Phi) is 5.01. The lowest BCUT2D eigenvalue weighted by Gasteiger charge is -2.29. The fraction of sp³-hybridized carbons (Fsp3) is 0.929. The molecule has 0 spiro atoms. The predicted octanol–water partition coefficient (Wildman–Crippen LogP) is 1.44. The van der Waals surface area contributed by atoms with Gasteiger partial charge in [-0.25, -0.2) is 0 Å². The number of ether oxygens (including phenoxy) is 1. The molecule has 1 aliphatic carbocycles. The molecule has 2 aliphatic rings. The van der Waals surface area contributed by atoms with E-state index in [1.807, 2.05) is 0 Å². The van der Waals surface area contributed by atoms with Crippen LogP contribution in [0.2, 0.25) is 0 Å². The molecule has 4 nitrogen and oxygen atoms in total. The minimum Gasteiger partial charge on any atom is -0.381 e. The van der Waals surface area contributed by atoms with Gasteiger partial charge in [-0.05, 0) is 44.4 Å². The maximum atomic E-state index is 12.1. The van der Waals surface area contributed by atoms with Crippen molar-refractivity contribution in [1.29, 1.82) is 0 Å². The first-order chi connectivity index (χ1) is 8.68. The molecule has 3 N–H and O–H groups in total. The normalized spacial score (nSPS) is 25.9. The second-order valence-electron chi connectivity index (χ2n) is 5.82. The van der Waals surface area contributed by atoms with Gasteiger partial charge >= 0.3 is 0 Å². The van der Waals surface area contributed by atoms with E-state index in [1.165, 1.54) is 25.7 Å². The van der Waals surface area contributed by atoms with Gasteiger partial charge in [0.2, 0.25) is 5.91 Å². The third-order valence-corrected chi connectivity index (χ3v) is 4.55. The lowest BCUT2D eigenvalue weighted by molar-refractivity contribution is -0.125. The van der Waals surface area contributed by atoms with Gasteiger partial charge < -0.3 is 15.8 Å². The third kappa shape index (κ3) is 3.45. The zero-order valence-electron chi connectivity index (χ0n) is 11.4. The molecule has 2 unspecified atom stereocenters. The number of carbonyl (C=O) groups is 1. The highest BCUT2D eigenvalue weighted by Crippen LogP contribution is 2.27. The zero-order chi connectivity index (χ0) is 13.0. The van der Waals surface area contributed by atoms with Crippen LogP contribution in [0.1, 0.15) is 45.4 Å². The van der Waals surface area contributed by atoms with Gasteiger partial charge in [0.1, 0.15) is 0 Å². The Labute approximate surface area is 110 Å². The van der Waals surface area contributed by atoms with Gasteiger partial charge in [0.05, 0.1) is 6.04 Å². The number of nitrogens with one attached hydrogen (secondary N) is 1. The largest absolute Gasteiger partial charge is 0.381 e. The van der Waals surface area contributed by atoms with Crippen molar-refractivity contribution in [2.24, 2.45) is 17.6 Å². The molecule has 2 fully saturated rings. The SMILES string of the molecule is CC(NC(=O)C(N)C1CCOCC1)C1CCCC1. The topological polar surface area (TPSA) is 64.4 Å². The Hall–Kier alpha value is -0.610. The zero-order valence-corrected chi connectivity index (χ0v) is 11.4. The lowest BCUT2D eigenvalue weighted by atomic mass is 9.91. The Morgan fingerprint density at radius 1 is 1.17 bits per heavy atom. The first-order valence-electron chi connectivity index (χ1n) is 7.32. The molecule has 0 radical (unpaired) electrons. The number of hydrogen-bond donors (Lipinski definition) is 2. The van der Waals surface area contributed by atoms with Gasteiger partial charge in [0.15, 0.2) is 0 Å². The third-order valence-electron chi connectivity index (χ3n) is 4.55. The summed E-state index contributed by atoms with van der Waals surface area (Å²) in [6.45, 7) is 3.60. The van der Waals surface area contributed by atoms with Crippen LogP contribution in [-0.2, 0) is 9.53 Å². The summed E-state index contributed by atoms with van der Waals surface area (Å²) in [5.41, 5.74) is 6.07. The van der Waals surface area contributed by atoms with E-state index < -0.39 is 0 Å². The Morgan fingerprint density at radius 2 is 1.78 bits per heavy atom. The van der Waals surface area contributed by atoms with Crippen LogP contribution in [0.5, 0.6) is 0 Å². The van der Waals surface area contributed by atoms with Gasteiger partial charge in [-0.1, -0.05) is 12.8 Å². The fourth-order valence-corrected chi connectivity index (χ4v) is 3.18. The molecule has 0 aromatic carbocycles. The highest BCUT2D eigenvalue weighted by molar-refractivity contribution is 5.82. The first kappa shape index (κ1) is 13.8. The van der Waals surface area contributed by atoms with Crippen molar-refractivity contribution in [2.45, 2.75) is 57.5 Å². The summed E-state index contributed by atoms with van der Waals surface area (Å²) >= 11 is 0. The number of nitrogens with two attached hydrogens (primary N) is 1. The van der Waals surface area contributed by atoms with Crippen molar-refractivity contribution >= 4 is 5.91 Å². The highest BCUT2D eigenvalue weighted by Gasteiger charge is 2.29. The van der Waals surface area contributed by atoms with Crippen molar-refractivity contribution in [3.63, 3.8) is 0 Å². The fourth-order valence-electron chi connectivity index (χ4n) is 3.18. The first-order valence-corrected chi connectivity index (χ1v) is 7.32. The molecule has 2 atom stereocenters. The summed E-state index contributed by atoms with van der Waals surface area (Å²) in [4.78, 5) is 12.1. The molecular formula is C14H26N2O2. The molecular weight excluding hydrogens is 228 g/mol. The summed E-state index contributed by atoms with van der Waals surface area (Å²) in [7, 11) is 0. The van der Waals surface area contributed by atoms with E-state index in [4.69, 9.17) is 10.5 Å². The molecule has 0 bridgehead atoms.